The lowest BCUT2D eigenvalue weighted by molar-refractivity contribution is -0.0240. The topological polar surface area (TPSA) is 95.4 Å². The van der Waals surface area contributed by atoms with Crippen molar-refractivity contribution in [1.82, 2.24) is 9.97 Å². The smallest absolute Gasteiger partial charge is 0.269 e. The highest BCUT2D eigenvalue weighted by Crippen LogP contribution is 2.35. The van der Waals surface area contributed by atoms with Crippen LogP contribution in [0.15, 0.2) is 4.79 Å². The fourth-order valence-corrected chi connectivity index (χ4v) is 2.01. The molecule has 18 heavy (non-hydrogen) atoms. The number of aliphatic hydroxyl groups is 2. The highest BCUT2D eigenvalue weighted by Gasteiger charge is 2.45. The number of aliphatic hydroxyl groups excluding tert-OH is 2. The second-order valence-electron chi connectivity index (χ2n) is 4.37. The predicted octanol–water partition coefficient (Wildman–Crippen LogP) is -0.482. The van der Waals surface area contributed by atoms with Crippen LogP contribution in [0.25, 0.3) is 0 Å². The van der Waals surface area contributed by atoms with Gasteiger partial charge in [-0.15, -0.1) is 0 Å². The number of halogens is 1. The van der Waals surface area contributed by atoms with Crippen LogP contribution in [-0.2, 0) is 4.74 Å². The van der Waals surface area contributed by atoms with Crippen LogP contribution in [0.3, 0.4) is 0 Å². The van der Waals surface area contributed by atoms with Gasteiger partial charge in [0.25, 0.3) is 5.56 Å². The van der Waals surface area contributed by atoms with Crippen LogP contribution >= 0.6 is 0 Å². The summed E-state index contributed by atoms with van der Waals surface area (Å²) in [6, 6.07) is 0. The number of H-pyrrole nitrogens is 1. The summed E-state index contributed by atoms with van der Waals surface area (Å²) in [4.78, 5) is 17.9. The largest absolute Gasteiger partial charge is 0.394 e. The first-order chi connectivity index (χ1) is 8.45. The minimum atomic E-state index is -1.68. The van der Waals surface area contributed by atoms with Gasteiger partial charge in [-0.1, -0.05) is 0 Å². The summed E-state index contributed by atoms with van der Waals surface area (Å²) in [7, 11) is 0. The maximum Gasteiger partial charge on any atom is 0.269 e. The van der Waals surface area contributed by atoms with Crippen LogP contribution < -0.4 is 5.56 Å². The highest BCUT2D eigenvalue weighted by molar-refractivity contribution is 5.18. The number of ether oxygens (including phenoxy) is 1. The molecule has 1 aromatic rings. The fraction of sp³-hybridized carbons (Fsp3) is 0.636. The zero-order valence-electron chi connectivity index (χ0n) is 10.1. The van der Waals surface area contributed by atoms with Crippen LogP contribution in [0.5, 0.6) is 0 Å². The number of alkyl halides is 1. The first-order valence-corrected chi connectivity index (χ1v) is 5.61. The average molecular weight is 258 g/mol. The molecule has 0 amide bonds. The van der Waals surface area contributed by atoms with E-state index in [0.717, 1.165) is 0 Å². The molecule has 1 fully saturated rings. The molecule has 100 valence electrons. The van der Waals surface area contributed by atoms with E-state index in [1.165, 1.54) is 6.92 Å². The zero-order valence-corrected chi connectivity index (χ0v) is 10.1. The van der Waals surface area contributed by atoms with Gasteiger partial charge in [0.1, 0.15) is 24.0 Å². The van der Waals surface area contributed by atoms with Crippen molar-refractivity contribution in [1.29, 1.82) is 0 Å². The molecular weight excluding hydrogens is 243 g/mol. The van der Waals surface area contributed by atoms with Crippen LogP contribution in [0.1, 0.15) is 23.2 Å². The van der Waals surface area contributed by atoms with Crippen molar-refractivity contribution in [2.75, 3.05) is 6.61 Å². The van der Waals surface area contributed by atoms with Crippen LogP contribution in [0.4, 0.5) is 4.39 Å². The molecule has 2 heterocycles. The van der Waals surface area contributed by atoms with Gasteiger partial charge in [0.05, 0.1) is 12.3 Å². The van der Waals surface area contributed by atoms with Gasteiger partial charge in [0, 0.05) is 5.69 Å². The highest BCUT2D eigenvalue weighted by atomic mass is 19.1. The Hall–Kier alpha value is -1.31. The molecule has 1 unspecified atom stereocenters. The third-order valence-corrected chi connectivity index (χ3v) is 3.07. The van der Waals surface area contributed by atoms with E-state index in [1.807, 2.05) is 0 Å². The van der Waals surface area contributed by atoms with E-state index in [2.05, 4.69) is 9.97 Å². The summed E-state index contributed by atoms with van der Waals surface area (Å²) in [6.07, 6.45) is -5.13. The molecule has 0 bridgehead atoms. The van der Waals surface area contributed by atoms with Gasteiger partial charge < -0.3 is 19.9 Å². The lowest BCUT2D eigenvalue weighted by Crippen LogP contribution is -2.30. The maximum atomic E-state index is 13.9. The minimum Gasteiger partial charge on any atom is -0.394 e. The van der Waals surface area contributed by atoms with Gasteiger partial charge in [-0.25, -0.2) is 9.37 Å². The van der Waals surface area contributed by atoms with Crippen molar-refractivity contribution in [3.05, 3.63) is 27.4 Å². The number of hydrogen-bond donors (Lipinski definition) is 3. The van der Waals surface area contributed by atoms with Gasteiger partial charge in [0.2, 0.25) is 0 Å². The molecule has 1 aliphatic heterocycles. The second kappa shape index (κ2) is 4.75. The van der Waals surface area contributed by atoms with Gasteiger partial charge in [-0.3, -0.25) is 4.79 Å². The molecule has 0 spiro atoms. The number of aromatic nitrogens is 2. The molecule has 0 radical (unpaired) electrons. The Kier molecular flexibility index (Phi) is 3.47. The number of nitrogens with one attached hydrogen (secondary N) is 1. The molecule has 0 aliphatic carbocycles. The third-order valence-electron chi connectivity index (χ3n) is 3.07. The van der Waals surface area contributed by atoms with Crippen molar-refractivity contribution in [2.24, 2.45) is 0 Å². The molecular formula is C11H15FN2O4. The standard InChI is InChI=1S/C11H15FN2O4/c1-4-8(13-5(2)11(17)14-4)10-7(12)9(16)6(3-15)18-10/h6-7,9-10,15-16H,3H2,1-2H3,(H,14,17)/t6-,7+,9?,10-/m1/s1. The maximum absolute atomic E-state index is 13.9. The number of hydrogen-bond acceptors (Lipinski definition) is 5. The van der Waals surface area contributed by atoms with E-state index >= 15 is 0 Å². The summed E-state index contributed by atoms with van der Waals surface area (Å²) in [5.74, 6) is 0. The van der Waals surface area contributed by atoms with Crippen molar-refractivity contribution in [2.45, 2.75) is 38.3 Å². The Labute approximate surface area is 102 Å². The fourth-order valence-electron chi connectivity index (χ4n) is 2.01. The summed E-state index contributed by atoms with van der Waals surface area (Å²) in [6.45, 7) is 2.61. The van der Waals surface area contributed by atoms with E-state index in [-0.39, 0.29) is 16.9 Å². The third kappa shape index (κ3) is 2.05. The minimum absolute atomic E-state index is 0.202. The van der Waals surface area contributed by atoms with E-state index in [1.54, 1.807) is 6.92 Å². The SMILES string of the molecule is Cc1[nH]c(=O)c(C)nc1[C@@H]1O[C@H](CO)C(O)[C@@H]1F. The van der Waals surface area contributed by atoms with Gasteiger partial charge in [-0.05, 0) is 13.8 Å². The molecule has 0 aromatic carbocycles. The van der Waals surface area contributed by atoms with E-state index in [9.17, 15) is 14.3 Å². The quantitative estimate of drug-likeness (QED) is 0.666. The summed E-state index contributed by atoms with van der Waals surface area (Å²) in [5, 5.41) is 18.5. The monoisotopic (exact) mass is 258 g/mol. The molecule has 7 heteroatoms. The van der Waals surface area contributed by atoms with Crippen LogP contribution in [0, 0.1) is 13.8 Å². The Bertz CT molecular complexity index is 504. The number of rotatable bonds is 2. The molecule has 6 nitrogen and oxygen atoms in total. The van der Waals surface area contributed by atoms with Crippen molar-refractivity contribution in [3.63, 3.8) is 0 Å². The number of nitrogens with zero attached hydrogens (tertiary/aromatic N) is 1. The van der Waals surface area contributed by atoms with Crippen LogP contribution in [-0.4, -0.2) is 45.2 Å². The Morgan fingerprint density at radius 1 is 1.50 bits per heavy atom. The number of aromatic amines is 1. The lowest BCUT2D eigenvalue weighted by atomic mass is 10.1. The average Bonchev–Trinajstić information content (AvgIpc) is 2.61. The Morgan fingerprint density at radius 2 is 2.17 bits per heavy atom. The molecule has 1 saturated heterocycles. The van der Waals surface area contributed by atoms with Gasteiger partial charge in [0.15, 0.2) is 6.17 Å². The lowest BCUT2D eigenvalue weighted by Gasteiger charge is -2.14. The van der Waals surface area contributed by atoms with Crippen LogP contribution in [0.2, 0.25) is 0 Å². The van der Waals surface area contributed by atoms with Crippen molar-refractivity contribution < 1.29 is 19.3 Å². The molecule has 1 aliphatic rings. The predicted molar refractivity (Wildman–Crippen MR) is 59.9 cm³/mol. The van der Waals surface area contributed by atoms with E-state index in [0.29, 0.717) is 5.69 Å². The first-order valence-electron chi connectivity index (χ1n) is 5.61. The van der Waals surface area contributed by atoms with Gasteiger partial charge >= 0.3 is 0 Å². The van der Waals surface area contributed by atoms with E-state index in [4.69, 9.17) is 9.84 Å². The number of aryl methyl sites for hydroxylation is 2. The summed E-state index contributed by atoms with van der Waals surface area (Å²) < 4.78 is 19.1. The van der Waals surface area contributed by atoms with Gasteiger partial charge in [-0.2, -0.15) is 0 Å². The first kappa shape index (κ1) is 13.1. The molecule has 3 N–H and O–H groups in total. The molecule has 4 atom stereocenters. The van der Waals surface area contributed by atoms with E-state index < -0.39 is 31.1 Å². The Balaban J connectivity index is 2.38. The molecule has 2 rings (SSSR count). The summed E-state index contributed by atoms with van der Waals surface area (Å²) in [5.41, 5.74) is 0.496. The van der Waals surface area contributed by atoms with Crippen molar-refractivity contribution in [3.8, 4) is 0 Å². The normalized spacial score (nSPS) is 31.8. The Morgan fingerprint density at radius 3 is 2.72 bits per heavy atom. The zero-order chi connectivity index (χ0) is 13.4. The second-order valence-corrected chi connectivity index (χ2v) is 4.37. The van der Waals surface area contributed by atoms with Crippen molar-refractivity contribution >= 4 is 0 Å². The molecule has 0 saturated carbocycles. The summed E-state index contributed by atoms with van der Waals surface area (Å²) >= 11 is 0. The molecule has 1 aromatic heterocycles.